The van der Waals surface area contributed by atoms with Crippen LogP contribution in [0.4, 0.5) is 11.4 Å². The molecule has 0 aliphatic rings. The number of nitro benzene ring substituents is 1. The van der Waals surface area contributed by atoms with Crippen molar-refractivity contribution in [3.63, 3.8) is 0 Å². The van der Waals surface area contributed by atoms with E-state index >= 15 is 0 Å². The minimum Gasteiger partial charge on any atom is -0.292 e. The zero-order valence-electron chi connectivity index (χ0n) is 15.7. The largest absolute Gasteiger partial charge is 0.329 e. The molecule has 0 fully saturated rings. The fourth-order valence-corrected chi connectivity index (χ4v) is 4.18. The number of benzene rings is 2. The third kappa shape index (κ3) is 3.26. The van der Waals surface area contributed by atoms with Gasteiger partial charge >= 0.3 is 5.69 Å². The highest BCUT2D eigenvalue weighted by atomic mass is 32.2. The Morgan fingerprint density at radius 2 is 1.57 bits per heavy atom. The third-order valence-corrected chi connectivity index (χ3v) is 5.92. The number of nitrogens with one attached hydrogen (secondary N) is 1. The van der Waals surface area contributed by atoms with Gasteiger partial charge in [-0.05, 0) is 39.0 Å². The second kappa shape index (κ2) is 7.12. The fraction of sp³-hybridized carbons (Fsp3) is 0.278. The summed E-state index contributed by atoms with van der Waals surface area (Å²) < 4.78 is 30.6. The van der Waals surface area contributed by atoms with Crippen LogP contribution in [0, 0.1) is 17.0 Å². The number of nitrogens with zero attached hydrogens (tertiary/aromatic N) is 3. The summed E-state index contributed by atoms with van der Waals surface area (Å²) in [5, 5.41) is 11.6. The Morgan fingerprint density at radius 1 is 1.04 bits per heavy atom. The normalized spacial score (nSPS) is 11.7. The van der Waals surface area contributed by atoms with E-state index in [4.69, 9.17) is 0 Å². The smallest absolute Gasteiger partial charge is 0.292 e. The summed E-state index contributed by atoms with van der Waals surface area (Å²) in [5.41, 5.74) is 0.806. The van der Waals surface area contributed by atoms with Gasteiger partial charge in [-0.15, -0.1) is 0 Å². The number of sulfonamides is 1. The topological polar surface area (TPSA) is 116 Å². The van der Waals surface area contributed by atoms with Crippen LogP contribution < -0.4 is 10.4 Å². The Morgan fingerprint density at radius 3 is 2.07 bits per heavy atom. The molecule has 0 amide bonds. The molecule has 0 aliphatic heterocycles. The zero-order valence-corrected chi connectivity index (χ0v) is 16.5. The van der Waals surface area contributed by atoms with E-state index in [9.17, 15) is 23.3 Å². The Balaban J connectivity index is 2.22. The van der Waals surface area contributed by atoms with Gasteiger partial charge in [0.25, 0.3) is 15.7 Å². The molecule has 148 valence electrons. The van der Waals surface area contributed by atoms with Gasteiger partial charge in [-0.1, -0.05) is 17.7 Å². The standard InChI is InChI=1S/C18H20N4O5S/c1-4-20-16-10-14(19-28(26,27)13-8-6-12(3)7-9-13)15(22(24)25)11-17(16)21(5-2)18(20)23/h6-11,19H,4-5H2,1-3H3. The number of nitro groups is 1. The quantitative estimate of drug-likeness (QED) is 0.501. The highest BCUT2D eigenvalue weighted by Crippen LogP contribution is 2.32. The summed E-state index contributed by atoms with van der Waals surface area (Å²) in [6, 6.07) is 8.72. The number of aromatic nitrogens is 2. The van der Waals surface area contributed by atoms with E-state index in [1.807, 2.05) is 6.92 Å². The number of rotatable bonds is 6. The van der Waals surface area contributed by atoms with Gasteiger partial charge in [0, 0.05) is 19.2 Å². The summed E-state index contributed by atoms with van der Waals surface area (Å²) in [4.78, 5) is 23.4. The summed E-state index contributed by atoms with van der Waals surface area (Å²) >= 11 is 0. The predicted octanol–water partition coefficient (Wildman–Crippen LogP) is 2.86. The first-order valence-electron chi connectivity index (χ1n) is 8.70. The monoisotopic (exact) mass is 404 g/mol. The number of hydrogen-bond donors (Lipinski definition) is 1. The van der Waals surface area contributed by atoms with Crippen molar-refractivity contribution in [3.05, 3.63) is 62.6 Å². The van der Waals surface area contributed by atoms with E-state index in [1.165, 1.54) is 33.4 Å². The van der Waals surface area contributed by atoms with Crippen LogP contribution in [0.2, 0.25) is 0 Å². The van der Waals surface area contributed by atoms with Crippen LogP contribution in [0.5, 0.6) is 0 Å². The third-order valence-electron chi connectivity index (χ3n) is 4.54. The molecule has 2 aromatic carbocycles. The number of anilines is 1. The van der Waals surface area contributed by atoms with Gasteiger partial charge in [0.05, 0.1) is 20.9 Å². The van der Waals surface area contributed by atoms with Crippen molar-refractivity contribution in [1.29, 1.82) is 0 Å². The van der Waals surface area contributed by atoms with Crippen molar-refractivity contribution in [1.82, 2.24) is 9.13 Å². The van der Waals surface area contributed by atoms with E-state index < -0.39 is 20.6 Å². The maximum absolute atomic E-state index is 12.7. The second-order valence-corrected chi connectivity index (χ2v) is 7.99. The Labute approximate surface area is 161 Å². The molecule has 0 unspecified atom stereocenters. The number of fused-ring (bicyclic) bond motifs is 1. The lowest BCUT2D eigenvalue weighted by atomic mass is 10.2. The molecule has 0 spiro atoms. The number of aryl methyl sites for hydroxylation is 3. The van der Waals surface area contributed by atoms with Crippen molar-refractivity contribution in [2.75, 3.05) is 4.72 Å². The van der Waals surface area contributed by atoms with Crippen molar-refractivity contribution in [2.24, 2.45) is 0 Å². The molecule has 1 aromatic heterocycles. The average Bonchev–Trinajstić information content (AvgIpc) is 2.90. The van der Waals surface area contributed by atoms with Gasteiger partial charge in [-0.2, -0.15) is 0 Å². The molecule has 0 aliphatic carbocycles. The molecule has 10 heteroatoms. The summed E-state index contributed by atoms with van der Waals surface area (Å²) in [7, 11) is -4.03. The van der Waals surface area contributed by atoms with Crippen molar-refractivity contribution >= 4 is 32.4 Å². The lowest BCUT2D eigenvalue weighted by Crippen LogP contribution is -2.23. The van der Waals surface area contributed by atoms with Gasteiger partial charge in [0.2, 0.25) is 0 Å². The van der Waals surface area contributed by atoms with Crippen LogP contribution >= 0.6 is 0 Å². The molecule has 0 saturated heterocycles. The van der Waals surface area contributed by atoms with E-state index in [1.54, 1.807) is 26.0 Å². The van der Waals surface area contributed by atoms with Crippen molar-refractivity contribution in [2.45, 2.75) is 38.8 Å². The lowest BCUT2D eigenvalue weighted by Gasteiger charge is -2.10. The molecular formula is C18H20N4O5S. The SMILES string of the molecule is CCn1c(=O)n(CC)c2cc([N+](=O)[O-])c(NS(=O)(=O)c3ccc(C)cc3)cc21. The molecule has 0 atom stereocenters. The second-order valence-electron chi connectivity index (χ2n) is 6.30. The maximum atomic E-state index is 12.7. The van der Waals surface area contributed by atoms with E-state index in [2.05, 4.69) is 4.72 Å². The number of hydrogen-bond acceptors (Lipinski definition) is 5. The maximum Gasteiger partial charge on any atom is 0.329 e. The van der Waals surface area contributed by atoms with Crippen molar-refractivity contribution < 1.29 is 13.3 Å². The Kier molecular flexibility index (Phi) is 4.99. The average molecular weight is 404 g/mol. The van der Waals surface area contributed by atoms with Gasteiger partial charge in [0.1, 0.15) is 5.69 Å². The molecule has 1 heterocycles. The first kappa shape index (κ1) is 19.6. The first-order valence-corrected chi connectivity index (χ1v) is 10.2. The molecule has 0 bridgehead atoms. The highest BCUT2D eigenvalue weighted by molar-refractivity contribution is 7.92. The van der Waals surface area contributed by atoms with Crippen LogP contribution in [0.25, 0.3) is 11.0 Å². The van der Waals surface area contributed by atoms with Gasteiger partial charge in [-0.25, -0.2) is 13.2 Å². The van der Waals surface area contributed by atoms with E-state index in [0.717, 1.165) is 5.56 Å². The molecule has 28 heavy (non-hydrogen) atoms. The van der Waals surface area contributed by atoms with E-state index in [0.29, 0.717) is 24.1 Å². The fourth-order valence-electron chi connectivity index (χ4n) is 3.12. The molecule has 3 rings (SSSR count). The number of imidazole rings is 1. The van der Waals surface area contributed by atoms with Crippen LogP contribution in [-0.2, 0) is 23.1 Å². The summed E-state index contributed by atoms with van der Waals surface area (Å²) in [5.74, 6) is 0. The minimum atomic E-state index is -4.03. The molecule has 0 radical (unpaired) electrons. The summed E-state index contributed by atoms with van der Waals surface area (Å²) in [6.07, 6.45) is 0. The van der Waals surface area contributed by atoms with Crippen LogP contribution in [0.1, 0.15) is 19.4 Å². The molecule has 0 saturated carbocycles. The van der Waals surface area contributed by atoms with Gasteiger partial charge < -0.3 is 0 Å². The van der Waals surface area contributed by atoms with E-state index in [-0.39, 0.29) is 16.3 Å². The molecular weight excluding hydrogens is 384 g/mol. The Hall–Kier alpha value is -3.14. The van der Waals surface area contributed by atoms with Crippen LogP contribution in [-0.4, -0.2) is 22.5 Å². The van der Waals surface area contributed by atoms with Gasteiger partial charge in [0.15, 0.2) is 0 Å². The molecule has 9 nitrogen and oxygen atoms in total. The van der Waals surface area contributed by atoms with Crippen LogP contribution in [0.3, 0.4) is 0 Å². The van der Waals surface area contributed by atoms with Gasteiger partial charge in [-0.3, -0.25) is 24.0 Å². The lowest BCUT2D eigenvalue weighted by molar-refractivity contribution is -0.383. The zero-order chi connectivity index (χ0) is 20.6. The van der Waals surface area contributed by atoms with Crippen molar-refractivity contribution in [3.8, 4) is 0 Å². The summed E-state index contributed by atoms with van der Waals surface area (Å²) in [6.45, 7) is 6.06. The molecule has 1 N–H and O–H groups in total. The van der Waals surface area contributed by atoms with Crippen LogP contribution in [0.15, 0.2) is 46.1 Å². The Bertz CT molecular complexity index is 1220. The predicted molar refractivity (Wildman–Crippen MR) is 106 cm³/mol. The minimum absolute atomic E-state index is 0.00787. The molecule has 3 aromatic rings. The highest BCUT2D eigenvalue weighted by Gasteiger charge is 2.24. The first-order chi connectivity index (χ1) is 13.2.